The lowest BCUT2D eigenvalue weighted by molar-refractivity contribution is 0.0695. The summed E-state index contributed by atoms with van der Waals surface area (Å²) >= 11 is 0. The molecule has 23 heavy (non-hydrogen) atoms. The third-order valence-corrected chi connectivity index (χ3v) is 5.99. The number of phenolic OH excluding ortho intramolecular Hbond substituents is 1. The molecule has 6 nitrogen and oxygen atoms in total. The summed E-state index contributed by atoms with van der Waals surface area (Å²) in [4.78, 5) is 14.3. The normalized spacial score (nSPS) is 19.4. The zero-order valence-corrected chi connectivity index (χ0v) is 14.1. The largest absolute Gasteiger partial charge is 0.507 e. The third-order valence-electron chi connectivity index (χ3n) is 4.69. The summed E-state index contributed by atoms with van der Waals surface area (Å²) in [5.41, 5.74) is 2.61. The van der Waals surface area contributed by atoms with Gasteiger partial charge in [-0.15, -0.1) is 0 Å². The number of carbonyl (C=O) groups excluding carboxylic acids is 1. The van der Waals surface area contributed by atoms with Gasteiger partial charge in [0, 0.05) is 26.2 Å². The Hall–Kier alpha value is -1.60. The molecule has 0 unspecified atom stereocenters. The van der Waals surface area contributed by atoms with E-state index >= 15 is 0 Å². The Kier molecular flexibility index (Phi) is 4.33. The lowest BCUT2D eigenvalue weighted by Gasteiger charge is -2.33. The molecule has 126 valence electrons. The predicted molar refractivity (Wildman–Crippen MR) is 87.1 cm³/mol. The van der Waals surface area contributed by atoms with Gasteiger partial charge in [-0.1, -0.05) is 0 Å². The zero-order chi connectivity index (χ0) is 16.6. The summed E-state index contributed by atoms with van der Waals surface area (Å²) in [7, 11) is -3.21. The summed E-state index contributed by atoms with van der Waals surface area (Å²) in [5.74, 6) is -0.190. The standard InChI is InChI=1S/C16H22N2O4S/c1-23(21,22)18-8-6-17(7-9-18)16(20)14-10-12-4-2-3-5-13(12)11-15(14)19/h10-11,19H,2-9H2,1H3. The number of nitrogens with zero attached hydrogens (tertiary/aromatic N) is 2. The number of sulfonamides is 1. The third kappa shape index (κ3) is 3.35. The van der Waals surface area contributed by atoms with Crippen LogP contribution < -0.4 is 0 Å². The molecule has 0 saturated carbocycles. The van der Waals surface area contributed by atoms with Crippen LogP contribution in [0.5, 0.6) is 5.75 Å². The van der Waals surface area contributed by atoms with E-state index in [0.29, 0.717) is 31.7 Å². The molecule has 0 spiro atoms. The van der Waals surface area contributed by atoms with E-state index in [-0.39, 0.29) is 11.7 Å². The number of rotatable bonds is 2. The molecule has 1 aromatic carbocycles. The Morgan fingerprint density at radius 3 is 2.17 bits per heavy atom. The van der Waals surface area contributed by atoms with Gasteiger partial charge < -0.3 is 10.0 Å². The highest BCUT2D eigenvalue weighted by Gasteiger charge is 2.28. The second-order valence-corrected chi connectivity index (χ2v) is 8.28. The van der Waals surface area contributed by atoms with Crippen LogP contribution in [0.15, 0.2) is 12.1 Å². The van der Waals surface area contributed by atoms with Gasteiger partial charge in [0.15, 0.2) is 0 Å². The van der Waals surface area contributed by atoms with Crippen molar-refractivity contribution in [3.05, 3.63) is 28.8 Å². The monoisotopic (exact) mass is 338 g/mol. The van der Waals surface area contributed by atoms with Crippen LogP contribution in [0.4, 0.5) is 0 Å². The first-order chi connectivity index (χ1) is 10.9. The predicted octanol–water partition coefficient (Wildman–Crippen LogP) is 0.988. The second-order valence-electron chi connectivity index (χ2n) is 6.30. The average Bonchev–Trinajstić information content (AvgIpc) is 2.53. The van der Waals surface area contributed by atoms with Crippen molar-refractivity contribution in [2.24, 2.45) is 0 Å². The van der Waals surface area contributed by atoms with E-state index in [9.17, 15) is 18.3 Å². The number of amides is 1. The first-order valence-corrected chi connectivity index (χ1v) is 9.80. The topological polar surface area (TPSA) is 77.9 Å². The molecule has 0 radical (unpaired) electrons. The minimum absolute atomic E-state index is 0.0289. The molecule has 1 aromatic rings. The van der Waals surface area contributed by atoms with Crippen LogP contribution >= 0.6 is 0 Å². The highest BCUT2D eigenvalue weighted by Crippen LogP contribution is 2.29. The van der Waals surface area contributed by atoms with Crippen LogP contribution in [0, 0.1) is 0 Å². The Morgan fingerprint density at radius 2 is 1.61 bits per heavy atom. The summed E-state index contributed by atoms with van der Waals surface area (Å²) in [6, 6.07) is 3.53. The van der Waals surface area contributed by atoms with Crippen LogP contribution in [-0.4, -0.2) is 61.1 Å². The Bertz CT molecular complexity index is 722. The molecule has 1 N–H and O–H groups in total. The molecule has 0 bridgehead atoms. The SMILES string of the molecule is CS(=O)(=O)N1CCN(C(=O)c2cc3c(cc2O)CCCC3)CC1. The summed E-state index contributed by atoms with van der Waals surface area (Å²) in [5, 5.41) is 10.2. The van der Waals surface area contributed by atoms with Gasteiger partial charge >= 0.3 is 0 Å². The van der Waals surface area contributed by atoms with E-state index < -0.39 is 10.0 Å². The van der Waals surface area contributed by atoms with Gasteiger partial charge in [0.25, 0.3) is 5.91 Å². The first kappa shape index (κ1) is 16.3. The fraction of sp³-hybridized carbons (Fsp3) is 0.562. The lowest BCUT2D eigenvalue weighted by Crippen LogP contribution is -2.50. The molecule has 0 aromatic heterocycles. The molecule has 2 aliphatic rings. The molecule has 1 heterocycles. The summed E-state index contributed by atoms with van der Waals surface area (Å²) in [6.45, 7) is 1.30. The number of aryl methyl sites for hydroxylation is 2. The highest BCUT2D eigenvalue weighted by molar-refractivity contribution is 7.88. The molecule has 1 fully saturated rings. The Morgan fingerprint density at radius 1 is 1.04 bits per heavy atom. The van der Waals surface area contributed by atoms with Crippen molar-refractivity contribution in [1.82, 2.24) is 9.21 Å². The van der Waals surface area contributed by atoms with Gasteiger partial charge in [0.1, 0.15) is 5.75 Å². The molecule has 0 atom stereocenters. The van der Waals surface area contributed by atoms with E-state index in [1.807, 2.05) is 6.07 Å². The maximum Gasteiger partial charge on any atom is 0.257 e. The number of carbonyl (C=O) groups is 1. The van der Waals surface area contributed by atoms with Gasteiger partial charge in [-0.05, 0) is 48.9 Å². The van der Waals surface area contributed by atoms with Crippen molar-refractivity contribution in [2.75, 3.05) is 32.4 Å². The number of hydrogen-bond acceptors (Lipinski definition) is 4. The fourth-order valence-corrected chi connectivity index (χ4v) is 4.16. The molecular formula is C16H22N2O4S. The number of aromatic hydroxyl groups is 1. The van der Waals surface area contributed by atoms with Crippen LogP contribution in [0.2, 0.25) is 0 Å². The minimum atomic E-state index is -3.21. The Balaban J connectivity index is 1.77. The van der Waals surface area contributed by atoms with Crippen molar-refractivity contribution in [3.8, 4) is 5.75 Å². The second kappa shape index (κ2) is 6.13. The van der Waals surface area contributed by atoms with Crippen LogP contribution in [0.1, 0.15) is 34.3 Å². The van der Waals surface area contributed by atoms with Gasteiger partial charge in [-0.2, -0.15) is 4.31 Å². The maximum atomic E-state index is 12.7. The van der Waals surface area contributed by atoms with Crippen molar-refractivity contribution < 1.29 is 18.3 Å². The fourth-order valence-electron chi connectivity index (χ4n) is 3.34. The quantitative estimate of drug-likeness (QED) is 0.872. The van der Waals surface area contributed by atoms with E-state index in [2.05, 4.69) is 0 Å². The van der Waals surface area contributed by atoms with E-state index in [0.717, 1.165) is 36.8 Å². The van der Waals surface area contributed by atoms with Crippen molar-refractivity contribution in [2.45, 2.75) is 25.7 Å². The smallest absolute Gasteiger partial charge is 0.257 e. The summed E-state index contributed by atoms with van der Waals surface area (Å²) in [6.07, 6.45) is 5.30. The highest BCUT2D eigenvalue weighted by atomic mass is 32.2. The molecule has 1 aliphatic heterocycles. The zero-order valence-electron chi connectivity index (χ0n) is 13.3. The lowest BCUT2D eigenvalue weighted by atomic mass is 9.89. The van der Waals surface area contributed by atoms with Crippen molar-refractivity contribution in [3.63, 3.8) is 0 Å². The van der Waals surface area contributed by atoms with Crippen LogP contribution in [-0.2, 0) is 22.9 Å². The van der Waals surface area contributed by atoms with E-state index in [1.165, 1.54) is 10.6 Å². The van der Waals surface area contributed by atoms with Crippen molar-refractivity contribution in [1.29, 1.82) is 0 Å². The molecule has 7 heteroatoms. The van der Waals surface area contributed by atoms with Crippen LogP contribution in [0.3, 0.4) is 0 Å². The molecule has 1 aliphatic carbocycles. The molecule has 1 amide bonds. The molecule has 1 saturated heterocycles. The van der Waals surface area contributed by atoms with Gasteiger partial charge in [0.05, 0.1) is 11.8 Å². The molecule has 3 rings (SSSR count). The minimum Gasteiger partial charge on any atom is -0.507 e. The number of piperazine rings is 1. The number of phenols is 1. The summed E-state index contributed by atoms with van der Waals surface area (Å²) < 4.78 is 24.4. The number of fused-ring (bicyclic) bond motifs is 1. The van der Waals surface area contributed by atoms with E-state index in [1.54, 1.807) is 11.0 Å². The van der Waals surface area contributed by atoms with Gasteiger partial charge in [-0.25, -0.2) is 8.42 Å². The molecular weight excluding hydrogens is 316 g/mol. The average molecular weight is 338 g/mol. The van der Waals surface area contributed by atoms with Crippen molar-refractivity contribution >= 4 is 15.9 Å². The number of hydrogen-bond donors (Lipinski definition) is 1. The van der Waals surface area contributed by atoms with Crippen LogP contribution in [0.25, 0.3) is 0 Å². The van der Waals surface area contributed by atoms with Gasteiger partial charge in [0.2, 0.25) is 10.0 Å². The van der Waals surface area contributed by atoms with Gasteiger partial charge in [-0.3, -0.25) is 4.79 Å². The maximum absolute atomic E-state index is 12.7. The Labute approximate surface area is 136 Å². The first-order valence-electron chi connectivity index (χ1n) is 7.95. The number of benzene rings is 1. The van der Waals surface area contributed by atoms with E-state index in [4.69, 9.17) is 0 Å².